The molecule has 0 saturated carbocycles. The summed E-state index contributed by atoms with van der Waals surface area (Å²) in [5.41, 5.74) is 21.5. The number of fused-ring (bicyclic) bond motifs is 6. The molecule has 1 heterocycles. The SMILES string of the molecule is CC1(C)c2cc(N(c3cccc(-c4cccc(-c5ccccc5)c4)c3)c3cccc(-c4cccc(-c5ccccc5)c4)c3)ccc2-c2ccc(-n3c4ccccc4c4ccccc43)cc21. The van der Waals surface area contributed by atoms with Crippen molar-refractivity contribution in [2.24, 2.45) is 0 Å². The molecule has 1 aliphatic rings. The summed E-state index contributed by atoms with van der Waals surface area (Å²) < 4.78 is 2.43. The summed E-state index contributed by atoms with van der Waals surface area (Å²) in [6.07, 6.45) is 0. The molecule has 2 nitrogen and oxygen atoms in total. The number of hydrogen-bond donors (Lipinski definition) is 0. The van der Waals surface area contributed by atoms with Gasteiger partial charge >= 0.3 is 0 Å². The van der Waals surface area contributed by atoms with Gasteiger partial charge in [-0.3, -0.25) is 0 Å². The monoisotopic (exact) mass is 830 g/mol. The average molecular weight is 831 g/mol. The van der Waals surface area contributed by atoms with Crippen LogP contribution in [0.4, 0.5) is 17.1 Å². The van der Waals surface area contributed by atoms with Gasteiger partial charge in [0.2, 0.25) is 0 Å². The molecule has 1 aliphatic carbocycles. The third-order valence-electron chi connectivity index (χ3n) is 13.6. The normalized spacial score (nSPS) is 12.6. The van der Waals surface area contributed by atoms with E-state index in [1.54, 1.807) is 0 Å². The molecule has 0 bridgehead atoms. The van der Waals surface area contributed by atoms with Gasteiger partial charge in [-0.2, -0.15) is 0 Å². The summed E-state index contributed by atoms with van der Waals surface area (Å²) in [7, 11) is 0. The van der Waals surface area contributed by atoms with Gasteiger partial charge in [-0.15, -0.1) is 0 Å². The van der Waals surface area contributed by atoms with Crippen LogP contribution in [-0.2, 0) is 5.41 Å². The first kappa shape index (κ1) is 38.5. The molecule has 308 valence electrons. The van der Waals surface area contributed by atoms with Gasteiger partial charge in [0.25, 0.3) is 0 Å². The Morgan fingerprint density at radius 1 is 0.308 bits per heavy atom. The van der Waals surface area contributed by atoms with Crippen molar-refractivity contribution in [1.82, 2.24) is 4.57 Å². The smallest absolute Gasteiger partial charge is 0.0541 e. The summed E-state index contributed by atoms with van der Waals surface area (Å²) in [6, 6.07) is 88.9. The van der Waals surface area contributed by atoms with E-state index in [0.717, 1.165) is 17.1 Å². The molecule has 0 N–H and O–H groups in total. The van der Waals surface area contributed by atoms with Crippen LogP contribution in [0.15, 0.2) is 243 Å². The highest BCUT2D eigenvalue weighted by Crippen LogP contribution is 2.52. The molecule has 1 aromatic heterocycles. The topological polar surface area (TPSA) is 8.17 Å². The van der Waals surface area contributed by atoms with Crippen LogP contribution in [0.5, 0.6) is 0 Å². The van der Waals surface area contributed by atoms with Gasteiger partial charge in [0.15, 0.2) is 0 Å². The Morgan fingerprint density at radius 3 is 1.22 bits per heavy atom. The van der Waals surface area contributed by atoms with Crippen LogP contribution >= 0.6 is 0 Å². The highest BCUT2D eigenvalue weighted by molar-refractivity contribution is 6.09. The summed E-state index contributed by atoms with van der Waals surface area (Å²) in [5.74, 6) is 0. The maximum absolute atomic E-state index is 2.45. The van der Waals surface area contributed by atoms with Gasteiger partial charge < -0.3 is 9.47 Å². The highest BCUT2D eigenvalue weighted by Gasteiger charge is 2.36. The molecule has 65 heavy (non-hydrogen) atoms. The zero-order valence-electron chi connectivity index (χ0n) is 36.5. The third kappa shape index (κ3) is 6.65. The minimum absolute atomic E-state index is 0.249. The van der Waals surface area contributed by atoms with Gasteiger partial charge in [0.1, 0.15) is 0 Å². The number of para-hydroxylation sites is 2. The average Bonchev–Trinajstić information content (AvgIpc) is 3.82. The van der Waals surface area contributed by atoms with E-state index in [0.29, 0.717) is 0 Å². The fourth-order valence-corrected chi connectivity index (χ4v) is 10.3. The van der Waals surface area contributed by atoms with Crippen LogP contribution in [0.1, 0.15) is 25.0 Å². The quantitative estimate of drug-likeness (QED) is 0.148. The lowest BCUT2D eigenvalue weighted by Gasteiger charge is -2.29. The molecule has 12 rings (SSSR count). The Balaban J connectivity index is 0.984. The summed E-state index contributed by atoms with van der Waals surface area (Å²) >= 11 is 0. The number of aromatic nitrogens is 1. The molecular formula is C63H46N2. The first-order chi connectivity index (χ1) is 32.0. The van der Waals surface area contributed by atoms with Crippen molar-refractivity contribution in [3.05, 3.63) is 254 Å². The van der Waals surface area contributed by atoms with E-state index in [2.05, 4.69) is 266 Å². The van der Waals surface area contributed by atoms with Crippen molar-refractivity contribution >= 4 is 38.9 Å². The first-order valence-corrected chi connectivity index (χ1v) is 22.6. The molecular weight excluding hydrogens is 785 g/mol. The van der Waals surface area contributed by atoms with Gasteiger partial charge in [-0.05, 0) is 140 Å². The lowest BCUT2D eigenvalue weighted by atomic mass is 9.82. The first-order valence-electron chi connectivity index (χ1n) is 22.6. The minimum Gasteiger partial charge on any atom is -0.310 e. The Morgan fingerprint density at radius 2 is 0.692 bits per heavy atom. The van der Waals surface area contributed by atoms with Crippen molar-refractivity contribution in [3.63, 3.8) is 0 Å². The lowest BCUT2D eigenvalue weighted by Crippen LogP contribution is -2.17. The molecule has 0 aliphatic heterocycles. The zero-order chi connectivity index (χ0) is 43.5. The van der Waals surface area contributed by atoms with E-state index in [4.69, 9.17) is 0 Å². The number of benzene rings is 10. The largest absolute Gasteiger partial charge is 0.310 e. The van der Waals surface area contributed by atoms with E-state index < -0.39 is 0 Å². The summed E-state index contributed by atoms with van der Waals surface area (Å²) in [6.45, 7) is 4.78. The number of hydrogen-bond acceptors (Lipinski definition) is 1. The Kier molecular flexibility index (Phi) is 9.21. The molecule has 0 atom stereocenters. The van der Waals surface area contributed by atoms with E-state index in [9.17, 15) is 0 Å². The second-order valence-corrected chi connectivity index (χ2v) is 17.8. The Labute approximate surface area is 381 Å². The molecule has 2 heteroatoms. The molecule has 0 radical (unpaired) electrons. The molecule has 0 unspecified atom stereocenters. The third-order valence-corrected chi connectivity index (χ3v) is 13.6. The predicted octanol–water partition coefficient (Wildman–Crippen LogP) is 17.2. The van der Waals surface area contributed by atoms with E-state index in [1.807, 2.05) is 0 Å². The molecule has 0 saturated heterocycles. The molecule has 0 fully saturated rings. The number of nitrogens with zero attached hydrogens (tertiary/aromatic N) is 2. The van der Waals surface area contributed by atoms with Crippen LogP contribution in [0.2, 0.25) is 0 Å². The second kappa shape index (κ2) is 15.6. The van der Waals surface area contributed by atoms with Gasteiger partial charge in [0.05, 0.1) is 11.0 Å². The van der Waals surface area contributed by atoms with Crippen LogP contribution < -0.4 is 4.90 Å². The number of anilines is 3. The summed E-state index contributed by atoms with van der Waals surface area (Å²) in [5, 5.41) is 2.55. The molecule has 0 spiro atoms. The molecule has 0 amide bonds. The zero-order valence-corrected chi connectivity index (χ0v) is 36.5. The minimum atomic E-state index is -0.249. The van der Waals surface area contributed by atoms with Crippen LogP contribution in [-0.4, -0.2) is 4.57 Å². The molecule has 11 aromatic rings. The standard InChI is InChI=1S/C63H46N2/c1-63(2)59-41-53(33-35-55(59)56-36-34-54(42-60(56)63)65-61-31-11-9-29-57(61)58-30-10-12-32-62(58)65)64(51-27-15-25-49(39-51)47-23-13-21-45(37-47)43-17-5-3-6-18-43)52-28-16-26-50(40-52)48-24-14-22-46(38-48)44-19-7-4-8-20-44/h3-42H,1-2H3. The van der Waals surface area contributed by atoms with E-state index in [-0.39, 0.29) is 5.41 Å². The van der Waals surface area contributed by atoms with Crippen molar-refractivity contribution in [3.8, 4) is 61.3 Å². The van der Waals surface area contributed by atoms with Crippen LogP contribution in [0.25, 0.3) is 83.1 Å². The van der Waals surface area contributed by atoms with Crippen LogP contribution in [0, 0.1) is 0 Å². The second-order valence-electron chi connectivity index (χ2n) is 17.8. The van der Waals surface area contributed by atoms with Crippen molar-refractivity contribution < 1.29 is 0 Å². The molecule has 10 aromatic carbocycles. The van der Waals surface area contributed by atoms with E-state index in [1.165, 1.54) is 94.3 Å². The Hall–Kier alpha value is -8.20. The van der Waals surface area contributed by atoms with E-state index >= 15 is 0 Å². The maximum atomic E-state index is 2.45. The van der Waals surface area contributed by atoms with Gasteiger partial charge in [-0.25, -0.2) is 0 Å². The predicted molar refractivity (Wildman–Crippen MR) is 275 cm³/mol. The Bertz CT molecular complexity index is 3400. The fourth-order valence-electron chi connectivity index (χ4n) is 10.3. The van der Waals surface area contributed by atoms with Crippen LogP contribution in [0.3, 0.4) is 0 Å². The van der Waals surface area contributed by atoms with Gasteiger partial charge in [-0.1, -0.05) is 184 Å². The van der Waals surface area contributed by atoms with Crippen molar-refractivity contribution in [2.45, 2.75) is 19.3 Å². The summed E-state index contributed by atoms with van der Waals surface area (Å²) in [4.78, 5) is 2.44. The van der Waals surface area contributed by atoms with Crippen molar-refractivity contribution in [2.75, 3.05) is 4.90 Å². The van der Waals surface area contributed by atoms with Gasteiger partial charge in [0, 0.05) is 38.9 Å². The maximum Gasteiger partial charge on any atom is 0.0541 e. The highest BCUT2D eigenvalue weighted by atomic mass is 15.1. The lowest BCUT2D eigenvalue weighted by molar-refractivity contribution is 0.660. The van der Waals surface area contributed by atoms with Crippen molar-refractivity contribution in [1.29, 1.82) is 0 Å². The number of rotatable bonds is 8. The fraction of sp³-hybridized carbons (Fsp3) is 0.0476.